The number of carbonyl (C=O) groups excluding carboxylic acids is 2. The van der Waals surface area contributed by atoms with Crippen LogP contribution in [-0.4, -0.2) is 45.8 Å². The third-order valence-corrected chi connectivity index (χ3v) is 4.22. The molecule has 2 aromatic rings. The van der Waals surface area contributed by atoms with Crippen molar-refractivity contribution in [2.75, 3.05) is 18.4 Å². The lowest BCUT2D eigenvalue weighted by Gasteiger charge is -2.33. The normalized spacial score (nSPS) is 17.2. The van der Waals surface area contributed by atoms with Gasteiger partial charge in [-0.15, -0.1) is 0 Å². The number of benzene rings is 1. The minimum atomic E-state index is -0.130. The molecular formula is C18H23N5O2. The van der Waals surface area contributed by atoms with Crippen LogP contribution in [0.2, 0.25) is 0 Å². The molecule has 0 aliphatic carbocycles. The molecule has 132 valence electrons. The van der Waals surface area contributed by atoms with E-state index in [1.807, 2.05) is 41.2 Å². The van der Waals surface area contributed by atoms with E-state index in [0.717, 1.165) is 24.1 Å². The highest BCUT2D eigenvalue weighted by molar-refractivity contribution is 5.89. The molecule has 7 nitrogen and oxygen atoms in total. The van der Waals surface area contributed by atoms with Gasteiger partial charge < -0.3 is 15.5 Å². The summed E-state index contributed by atoms with van der Waals surface area (Å²) in [5.74, 6) is -0.0555. The fourth-order valence-electron chi connectivity index (χ4n) is 3.04. The SMILES string of the molecule is CC(=O)N[C@H]1CCCN(C(=O)Nc2ccc(Cn3cccn3)cc2)C1. The van der Waals surface area contributed by atoms with Crippen molar-refractivity contribution in [1.82, 2.24) is 20.0 Å². The molecule has 0 saturated carbocycles. The van der Waals surface area contributed by atoms with Crippen molar-refractivity contribution in [3.8, 4) is 0 Å². The maximum absolute atomic E-state index is 12.4. The number of nitrogens with zero attached hydrogens (tertiary/aromatic N) is 3. The van der Waals surface area contributed by atoms with E-state index in [1.54, 1.807) is 11.1 Å². The lowest BCUT2D eigenvalue weighted by molar-refractivity contribution is -0.119. The Morgan fingerprint density at radius 1 is 1.28 bits per heavy atom. The van der Waals surface area contributed by atoms with Gasteiger partial charge in [0.15, 0.2) is 0 Å². The van der Waals surface area contributed by atoms with E-state index in [9.17, 15) is 9.59 Å². The van der Waals surface area contributed by atoms with Gasteiger partial charge in [-0.25, -0.2) is 4.79 Å². The summed E-state index contributed by atoms with van der Waals surface area (Å²) in [6, 6.07) is 9.55. The zero-order valence-electron chi connectivity index (χ0n) is 14.3. The lowest BCUT2D eigenvalue weighted by Crippen LogP contribution is -2.50. The number of likely N-dealkylation sites (tertiary alicyclic amines) is 1. The van der Waals surface area contributed by atoms with Crippen LogP contribution in [0.5, 0.6) is 0 Å². The number of amides is 3. The molecule has 1 aliphatic rings. The Morgan fingerprint density at radius 2 is 2.08 bits per heavy atom. The van der Waals surface area contributed by atoms with Crippen molar-refractivity contribution < 1.29 is 9.59 Å². The van der Waals surface area contributed by atoms with Gasteiger partial charge in [-0.1, -0.05) is 12.1 Å². The van der Waals surface area contributed by atoms with Crippen molar-refractivity contribution in [3.05, 3.63) is 48.3 Å². The van der Waals surface area contributed by atoms with Crippen molar-refractivity contribution in [2.45, 2.75) is 32.4 Å². The number of aromatic nitrogens is 2. The molecular weight excluding hydrogens is 318 g/mol. The first-order valence-corrected chi connectivity index (χ1v) is 8.49. The maximum Gasteiger partial charge on any atom is 0.321 e. The largest absolute Gasteiger partial charge is 0.352 e. The summed E-state index contributed by atoms with van der Waals surface area (Å²) in [6.45, 7) is 3.46. The minimum absolute atomic E-state index is 0.0356. The van der Waals surface area contributed by atoms with Gasteiger partial charge in [0.25, 0.3) is 0 Å². The second kappa shape index (κ2) is 7.83. The third-order valence-electron chi connectivity index (χ3n) is 4.22. The predicted molar refractivity (Wildman–Crippen MR) is 95.2 cm³/mol. The molecule has 2 N–H and O–H groups in total. The number of rotatable bonds is 4. The average Bonchev–Trinajstić information content (AvgIpc) is 3.09. The molecule has 1 fully saturated rings. The van der Waals surface area contributed by atoms with Gasteiger partial charge in [0, 0.05) is 44.1 Å². The average molecular weight is 341 g/mol. The Hall–Kier alpha value is -2.83. The van der Waals surface area contributed by atoms with Gasteiger partial charge in [0.1, 0.15) is 0 Å². The zero-order valence-corrected chi connectivity index (χ0v) is 14.3. The maximum atomic E-state index is 12.4. The number of hydrogen-bond acceptors (Lipinski definition) is 3. The van der Waals surface area contributed by atoms with Gasteiger partial charge >= 0.3 is 6.03 Å². The predicted octanol–water partition coefficient (Wildman–Crippen LogP) is 2.06. The standard InChI is InChI=1S/C18H23N5O2/c1-14(24)20-17-4-2-10-22(13-17)18(25)21-16-7-5-15(6-8-16)12-23-11-3-9-19-23/h3,5-9,11,17H,2,4,10,12-13H2,1H3,(H,20,24)(H,21,25)/t17-/m0/s1. The molecule has 7 heteroatoms. The van der Waals surface area contributed by atoms with Crippen LogP contribution in [0.15, 0.2) is 42.7 Å². The highest BCUT2D eigenvalue weighted by Gasteiger charge is 2.24. The molecule has 0 unspecified atom stereocenters. The van der Waals surface area contributed by atoms with Crippen LogP contribution >= 0.6 is 0 Å². The third kappa shape index (κ3) is 4.82. The Kier molecular flexibility index (Phi) is 5.33. The molecule has 1 aliphatic heterocycles. The number of urea groups is 1. The fourth-order valence-corrected chi connectivity index (χ4v) is 3.04. The Balaban J connectivity index is 1.54. The number of carbonyl (C=O) groups is 2. The molecule has 2 heterocycles. The summed E-state index contributed by atoms with van der Waals surface area (Å²) < 4.78 is 1.85. The van der Waals surface area contributed by atoms with Crippen molar-refractivity contribution >= 4 is 17.6 Å². The van der Waals surface area contributed by atoms with Crippen LogP contribution in [0, 0.1) is 0 Å². The summed E-state index contributed by atoms with van der Waals surface area (Å²) in [4.78, 5) is 25.4. The molecule has 1 aromatic heterocycles. The van der Waals surface area contributed by atoms with Gasteiger partial charge in [-0.3, -0.25) is 9.48 Å². The van der Waals surface area contributed by atoms with Crippen molar-refractivity contribution in [3.63, 3.8) is 0 Å². The summed E-state index contributed by atoms with van der Waals surface area (Å²) in [7, 11) is 0. The highest BCUT2D eigenvalue weighted by Crippen LogP contribution is 2.14. The molecule has 3 amide bonds. The molecule has 25 heavy (non-hydrogen) atoms. The van der Waals surface area contributed by atoms with Crippen LogP contribution in [0.3, 0.4) is 0 Å². The van der Waals surface area contributed by atoms with Gasteiger partial charge in [-0.05, 0) is 36.6 Å². The van der Waals surface area contributed by atoms with E-state index in [4.69, 9.17) is 0 Å². The quantitative estimate of drug-likeness (QED) is 0.893. The monoisotopic (exact) mass is 341 g/mol. The first-order chi connectivity index (χ1) is 12.1. The van der Waals surface area contributed by atoms with E-state index in [-0.39, 0.29) is 18.0 Å². The number of nitrogens with one attached hydrogen (secondary N) is 2. The van der Waals surface area contributed by atoms with Gasteiger partial charge in [0.05, 0.1) is 6.54 Å². The summed E-state index contributed by atoms with van der Waals surface area (Å²) in [5, 5.41) is 9.99. The second-order valence-corrected chi connectivity index (χ2v) is 6.32. The van der Waals surface area contributed by atoms with Crippen LogP contribution in [0.1, 0.15) is 25.3 Å². The van der Waals surface area contributed by atoms with Crippen LogP contribution < -0.4 is 10.6 Å². The van der Waals surface area contributed by atoms with E-state index < -0.39 is 0 Å². The number of piperidine rings is 1. The molecule has 1 atom stereocenters. The number of anilines is 1. The molecule has 1 saturated heterocycles. The molecule has 1 aromatic carbocycles. The topological polar surface area (TPSA) is 79.3 Å². The Morgan fingerprint density at radius 3 is 2.76 bits per heavy atom. The minimum Gasteiger partial charge on any atom is -0.352 e. The highest BCUT2D eigenvalue weighted by atomic mass is 16.2. The van der Waals surface area contributed by atoms with Crippen LogP contribution in [-0.2, 0) is 11.3 Å². The number of hydrogen-bond donors (Lipinski definition) is 2. The van der Waals surface area contributed by atoms with Crippen LogP contribution in [0.4, 0.5) is 10.5 Å². The summed E-state index contributed by atoms with van der Waals surface area (Å²) in [5.41, 5.74) is 1.88. The van der Waals surface area contributed by atoms with E-state index in [1.165, 1.54) is 6.92 Å². The molecule has 3 rings (SSSR count). The van der Waals surface area contributed by atoms with E-state index in [2.05, 4.69) is 15.7 Å². The first-order valence-electron chi connectivity index (χ1n) is 8.49. The van der Waals surface area contributed by atoms with Crippen LogP contribution in [0.25, 0.3) is 0 Å². The first kappa shape index (κ1) is 17.0. The smallest absolute Gasteiger partial charge is 0.321 e. The molecule has 0 bridgehead atoms. The lowest BCUT2D eigenvalue weighted by atomic mass is 10.1. The van der Waals surface area contributed by atoms with Crippen molar-refractivity contribution in [2.24, 2.45) is 0 Å². The summed E-state index contributed by atoms with van der Waals surface area (Å²) in [6.07, 6.45) is 5.46. The zero-order chi connectivity index (χ0) is 17.6. The molecule has 0 radical (unpaired) electrons. The van der Waals surface area contributed by atoms with E-state index >= 15 is 0 Å². The fraction of sp³-hybridized carbons (Fsp3) is 0.389. The Bertz CT molecular complexity index is 712. The Labute approximate surface area is 147 Å². The van der Waals surface area contributed by atoms with Crippen molar-refractivity contribution in [1.29, 1.82) is 0 Å². The van der Waals surface area contributed by atoms with E-state index in [0.29, 0.717) is 19.6 Å². The van der Waals surface area contributed by atoms with Gasteiger partial charge in [0.2, 0.25) is 5.91 Å². The van der Waals surface area contributed by atoms with Gasteiger partial charge in [-0.2, -0.15) is 5.10 Å². The second-order valence-electron chi connectivity index (χ2n) is 6.32. The summed E-state index contributed by atoms with van der Waals surface area (Å²) >= 11 is 0. The molecule has 0 spiro atoms.